The van der Waals surface area contributed by atoms with E-state index in [-0.39, 0.29) is 0 Å². The highest BCUT2D eigenvalue weighted by Gasteiger charge is 2.07. The quantitative estimate of drug-likeness (QED) is 0.577. The second kappa shape index (κ2) is 4.97. The zero-order valence-corrected chi connectivity index (χ0v) is 11.4. The van der Waals surface area contributed by atoms with E-state index in [9.17, 15) is 0 Å². The summed E-state index contributed by atoms with van der Waals surface area (Å²) in [6, 6.07) is 13.8. The number of nitrogens with zero attached hydrogens (tertiary/aromatic N) is 1. The lowest BCUT2D eigenvalue weighted by Gasteiger charge is -2.06. The number of fused-ring (bicyclic) bond motifs is 1. The molecule has 4 heteroatoms. The summed E-state index contributed by atoms with van der Waals surface area (Å²) in [5.74, 6) is 1.45. The van der Waals surface area contributed by atoms with Crippen molar-refractivity contribution in [3.63, 3.8) is 0 Å². The third-order valence-corrected chi connectivity index (χ3v) is 4.16. The van der Waals surface area contributed by atoms with Crippen molar-refractivity contribution in [2.45, 2.75) is 17.6 Å². The van der Waals surface area contributed by atoms with E-state index < -0.39 is 0 Å². The summed E-state index contributed by atoms with van der Waals surface area (Å²) in [6.07, 6.45) is 0. The summed E-state index contributed by atoms with van der Waals surface area (Å²) in [6.45, 7) is 2.03. The fraction of sp³-hybridized carbons (Fsp3) is 0.133. The summed E-state index contributed by atoms with van der Waals surface area (Å²) in [7, 11) is 0. The number of hydrogen-bond donors (Lipinski definition) is 1. The number of aromatic nitrogens is 1. The van der Waals surface area contributed by atoms with Crippen molar-refractivity contribution in [2.24, 2.45) is 0 Å². The van der Waals surface area contributed by atoms with E-state index in [0.29, 0.717) is 5.75 Å². The van der Waals surface area contributed by atoms with E-state index >= 15 is 0 Å². The SMILES string of the molecule is Cc1c(N)cccc1SCc1nc2ccccc2o1. The lowest BCUT2D eigenvalue weighted by atomic mass is 10.2. The van der Waals surface area contributed by atoms with Crippen LogP contribution in [0.4, 0.5) is 5.69 Å². The van der Waals surface area contributed by atoms with Crippen LogP contribution in [-0.2, 0) is 5.75 Å². The Labute approximate surface area is 115 Å². The van der Waals surface area contributed by atoms with Gasteiger partial charge in [-0.05, 0) is 36.8 Å². The highest BCUT2D eigenvalue weighted by molar-refractivity contribution is 7.98. The fourth-order valence-electron chi connectivity index (χ4n) is 1.91. The minimum Gasteiger partial charge on any atom is -0.440 e. The molecule has 2 N–H and O–H groups in total. The number of rotatable bonds is 3. The molecule has 0 bridgehead atoms. The second-order valence-electron chi connectivity index (χ2n) is 4.33. The highest BCUT2D eigenvalue weighted by Crippen LogP contribution is 2.29. The van der Waals surface area contributed by atoms with Crippen LogP contribution >= 0.6 is 11.8 Å². The molecule has 3 aromatic rings. The summed E-state index contributed by atoms with van der Waals surface area (Å²) in [4.78, 5) is 5.63. The third-order valence-electron chi connectivity index (χ3n) is 3.02. The maximum absolute atomic E-state index is 5.90. The zero-order chi connectivity index (χ0) is 13.2. The van der Waals surface area contributed by atoms with Crippen molar-refractivity contribution in [3.05, 3.63) is 53.9 Å². The molecule has 0 atom stereocenters. The Morgan fingerprint density at radius 1 is 1.16 bits per heavy atom. The van der Waals surface area contributed by atoms with Gasteiger partial charge in [-0.25, -0.2) is 4.98 Å². The molecule has 0 aliphatic rings. The Morgan fingerprint density at radius 2 is 2.00 bits per heavy atom. The van der Waals surface area contributed by atoms with Crippen LogP contribution in [0.15, 0.2) is 51.8 Å². The first-order chi connectivity index (χ1) is 9.24. The molecule has 3 rings (SSSR count). The fourth-order valence-corrected chi connectivity index (χ4v) is 2.82. The highest BCUT2D eigenvalue weighted by atomic mass is 32.2. The van der Waals surface area contributed by atoms with Crippen LogP contribution in [0.25, 0.3) is 11.1 Å². The van der Waals surface area contributed by atoms with Gasteiger partial charge in [-0.2, -0.15) is 0 Å². The van der Waals surface area contributed by atoms with Crippen LogP contribution in [0.1, 0.15) is 11.5 Å². The first-order valence-corrected chi connectivity index (χ1v) is 7.05. The summed E-state index contributed by atoms with van der Waals surface area (Å²) in [5.41, 5.74) is 9.58. The van der Waals surface area contributed by atoms with E-state index in [1.165, 1.54) is 4.90 Å². The molecule has 0 aliphatic heterocycles. The van der Waals surface area contributed by atoms with Gasteiger partial charge in [0.25, 0.3) is 0 Å². The van der Waals surface area contributed by atoms with Crippen molar-refractivity contribution in [1.29, 1.82) is 0 Å². The van der Waals surface area contributed by atoms with Crippen molar-refractivity contribution in [2.75, 3.05) is 5.73 Å². The second-order valence-corrected chi connectivity index (χ2v) is 5.35. The molecule has 0 saturated heterocycles. The van der Waals surface area contributed by atoms with Crippen LogP contribution in [0.2, 0.25) is 0 Å². The van der Waals surface area contributed by atoms with Crippen molar-refractivity contribution in [1.82, 2.24) is 4.98 Å². The molecule has 0 amide bonds. The lowest BCUT2D eigenvalue weighted by Crippen LogP contribution is -1.91. The smallest absolute Gasteiger partial charge is 0.205 e. The Kier molecular flexibility index (Phi) is 3.17. The Morgan fingerprint density at radius 3 is 2.84 bits per heavy atom. The molecular weight excluding hydrogens is 256 g/mol. The predicted octanol–water partition coefficient (Wildman–Crippen LogP) is 4.01. The maximum atomic E-state index is 5.90. The molecular formula is C15H14N2OS. The minimum absolute atomic E-state index is 0.707. The van der Waals surface area contributed by atoms with Crippen molar-refractivity contribution in [3.8, 4) is 0 Å². The largest absolute Gasteiger partial charge is 0.440 e. The third kappa shape index (κ3) is 2.44. The number of thioether (sulfide) groups is 1. The number of hydrogen-bond acceptors (Lipinski definition) is 4. The monoisotopic (exact) mass is 270 g/mol. The van der Waals surface area contributed by atoms with E-state index in [2.05, 4.69) is 11.1 Å². The molecule has 96 valence electrons. The van der Waals surface area contributed by atoms with Gasteiger partial charge in [0.15, 0.2) is 5.58 Å². The number of anilines is 1. The Hall–Kier alpha value is -1.94. The van der Waals surface area contributed by atoms with Gasteiger partial charge >= 0.3 is 0 Å². The van der Waals surface area contributed by atoms with Gasteiger partial charge in [-0.1, -0.05) is 18.2 Å². The van der Waals surface area contributed by atoms with E-state index in [4.69, 9.17) is 10.2 Å². The molecule has 0 saturated carbocycles. The van der Waals surface area contributed by atoms with Gasteiger partial charge in [0, 0.05) is 10.6 Å². The molecule has 19 heavy (non-hydrogen) atoms. The van der Waals surface area contributed by atoms with Crippen molar-refractivity contribution >= 4 is 28.5 Å². The minimum atomic E-state index is 0.707. The molecule has 0 unspecified atom stereocenters. The summed E-state index contributed by atoms with van der Waals surface area (Å²) < 4.78 is 5.70. The first-order valence-electron chi connectivity index (χ1n) is 6.06. The summed E-state index contributed by atoms with van der Waals surface area (Å²) in [5, 5.41) is 0. The van der Waals surface area contributed by atoms with Gasteiger partial charge in [0.2, 0.25) is 5.89 Å². The molecule has 3 nitrogen and oxygen atoms in total. The van der Waals surface area contributed by atoms with Crippen LogP contribution < -0.4 is 5.73 Å². The van der Waals surface area contributed by atoms with Crippen LogP contribution in [-0.4, -0.2) is 4.98 Å². The van der Waals surface area contributed by atoms with Gasteiger partial charge in [0.05, 0.1) is 5.75 Å². The number of nitrogen functional groups attached to an aromatic ring is 1. The number of nitrogens with two attached hydrogens (primary N) is 1. The van der Waals surface area contributed by atoms with Crippen molar-refractivity contribution < 1.29 is 4.42 Å². The molecule has 1 aromatic heterocycles. The van der Waals surface area contributed by atoms with Gasteiger partial charge < -0.3 is 10.2 Å². The number of benzene rings is 2. The maximum Gasteiger partial charge on any atom is 0.205 e. The van der Waals surface area contributed by atoms with Crippen LogP contribution in [0, 0.1) is 6.92 Å². The zero-order valence-electron chi connectivity index (χ0n) is 10.6. The normalized spacial score (nSPS) is 11.0. The van der Waals surface area contributed by atoms with Crippen LogP contribution in [0.5, 0.6) is 0 Å². The van der Waals surface area contributed by atoms with Gasteiger partial charge in [-0.15, -0.1) is 11.8 Å². The topological polar surface area (TPSA) is 52.0 Å². The average molecular weight is 270 g/mol. The van der Waals surface area contributed by atoms with Gasteiger partial charge in [-0.3, -0.25) is 0 Å². The number of oxazole rings is 1. The Bertz CT molecular complexity index is 688. The molecule has 0 radical (unpaired) electrons. The average Bonchev–Trinajstić information content (AvgIpc) is 2.83. The van der Waals surface area contributed by atoms with E-state index in [0.717, 1.165) is 28.2 Å². The molecule has 2 aromatic carbocycles. The van der Waals surface area contributed by atoms with E-state index in [1.807, 2.05) is 43.3 Å². The van der Waals surface area contributed by atoms with E-state index in [1.54, 1.807) is 11.8 Å². The molecule has 1 heterocycles. The molecule has 0 aliphatic carbocycles. The predicted molar refractivity (Wildman–Crippen MR) is 79.2 cm³/mol. The Balaban J connectivity index is 1.80. The molecule has 0 fully saturated rings. The standard InChI is InChI=1S/C15H14N2OS/c1-10-11(16)5-4-8-14(10)19-9-15-17-12-6-2-3-7-13(12)18-15/h2-8H,9,16H2,1H3. The van der Waals surface area contributed by atoms with Crippen LogP contribution in [0.3, 0.4) is 0 Å². The first kappa shape index (κ1) is 12.1. The summed E-state index contributed by atoms with van der Waals surface area (Å²) >= 11 is 1.69. The lowest BCUT2D eigenvalue weighted by molar-refractivity contribution is 0.556. The number of para-hydroxylation sites is 2. The molecule has 0 spiro atoms. The van der Waals surface area contributed by atoms with Gasteiger partial charge in [0.1, 0.15) is 5.52 Å².